The van der Waals surface area contributed by atoms with Crippen LogP contribution >= 0.6 is 0 Å². The smallest absolute Gasteiger partial charge is 0.171 e. The van der Waals surface area contributed by atoms with Crippen molar-refractivity contribution in [2.24, 2.45) is 0 Å². The molecule has 2 aromatic heterocycles. The van der Waals surface area contributed by atoms with Gasteiger partial charge in [-0.2, -0.15) is 10.4 Å². The fraction of sp³-hybridized carbons (Fsp3) is 0.125. The standard InChI is InChI=1S/C16H13N5/c1-10-11(2)20-21-16(14(10)8-17)19-15-5-3-4-12-9-18-7-6-13(12)15/h3-7,9H,1-2H3,(H,19,21). The maximum atomic E-state index is 9.35. The van der Waals surface area contributed by atoms with E-state index in [1.54, 1.807) is 12.4 Å². The predicted octanol–water partition coefficient (Wildman–Crippen LogP) is 3.26. The third kappa shape index (κ3) is 2.28. The number of aromatic nitrogens is 3. The van der Waals surface area contributed by atoms with Crippen LogP contribution < -0.4 is 5.32 Å². The molecule has 0 fully saturated rings. The van der Waals surface area contributed by atoms with Crippen LogP contribution in [0.4, 0.5) is 11.5 Å². The molecule has 0 radical (unpaired) electrons. The van der Waals surface area contributed by atoms with Gasteiger partial charge in [-0.3, -0.25) is 4.98 Å². The van der Waals surface area contributed by atoms with Crippen molar-refractivity contribution in [2.75, 3.05) is 5.32 Å². The summed E-state index contributed by atoms with van der Waals surface area (Å²) in [6, 6.07) is 10.00. The van der Waals surface area contributed by atoms with E-state index in [0.29, 0.717) is 11.4 Å². The first kappa shape index (κ1) is 13.0. The van der Waals surface area contributed by atoms with Crippen LogP contribution in [-0.2, 0) is 0 Å². The van der Waals surface area contributed by atoms with E-state index in [-0.39, 0.29) is 0 Å². The molecular formula is C16H13N5. The van der Waals surface area contributed by atoms with Crippen LogP contribution in [0.25, 0.3) is 10.8 Å². The lowest BCUT2D eigenvalue weighted by Crippen LogP contribution is -2.03. The minimum Gasteiger partial charge on any atom is -0.337 e. The molecule has 21 heavy (non-hydrogen) atoms. The van der Waals surface area contributed by atoms with E-state index in [0.717, 1.165) is 27.7 Å². The highest BCUT2D eigenvalue weighted by molar-refractivity contribution is 5.94. The van der Waals surface area contributed by atoms with Crippen molar-refractivity contribution in [3.8, 4) is 6.07 Å². The number of hydrogen-bond donors (Lipinski definition) is 1. The first-order valence-electron chi connectivity index (χ1n) is 6.54. The average Bonchev–Trinajstić information content (AvgIpc) is 2.52. The normalized spacial score (nSPS) is 10.3. The van der Waals surface area contributed by atoms with Gasteiger partial charge in [-0.25, -0.2) is 0 Å². The molecule has 2 heterocycles. The van der Waals surface area contributed by atoms with Gasteiger partial charge in [0.2, 0.25) is 0 Å². The van der Waals surface area contributed by atoms with Crippen molar-refractivity contribution in [1.29, 1.82) is 5.26 Å². The van der Waals surface area contributed by atoms with Gasteiger partial charge in [-0.05, 0) is 31.5 Å². The van der Waals surface area contributed by atoms with Crippen molar-refractivity contribution in [3.05, 3.63) is 53.5 Å². The SMILES string of the molecule is Cc1nnc(Nc2cccc3cnccc23)c(C#N)c1C. The van der Waals surface area contributed by atoms with Gasteiger partial charge in [0.1, 0.15) is 11.6 Å². The maximum absolute atomic E-state index is 9.35. The number of nitriles is 1. The molecule has 0 saturated heterocycles. The number of hydrogen-bond acceptors (Lipinski definition) is 5. The lowest BCUT2D eigenvalue weighted by Gasteiger charge is -2.11. The van der Waals surface area contributed by atoms with E-state index in [9.17, 15) is 5.26 Å². The largest absolute Gasteiger partial charge is 0.337 e. The van der Waals surface area contributed by atoms with E-state index in [4.69, 9.17) is 0 Å². The third-order valence-corrected chi connectivity index (χ3v) is 3.50. The number of aryl methyl sites for hydroxylation is 1. The topological polar surface area (TPSA) is 74.5 Å². The Bertz CT molecular complexity index is 859. The lowest BCUT2D eigenvalue weighted by molar-refractivity contribution is 0.961. The van der Waals surface area contributed by atoms with Gasteiger partial charge in [0.25, 0.3) is 0 Å². The molecule has 5 nitrogen and oxygen atoms in total. The molecule has 3 rings (SSSR count). The zero-order valence-electron chi connectivity index (χ0n) is 11.8. The van der Waals surface area contributed by atoms with Crippen molar-refractivity contribution in [3.63, 3.8) is 0 Å². The van der Waals surface area contributed by atoms with Crippen LogP contribution in [-0.4, -0.2) is 15.2 Å². The molecule has 0 atom stereocenters. The number of nitrogens with one attached hydrogen (secondary N) is 1. The van der Waals surface area contributed by atoms with Gasteiger partial charge in [0.15, 0.2) is 5.82 Å². The number of rotatable bonds is 2. The Labute approximate surface area is 122 Å². The Balaban J connectivity index is 2.12. The van der Waals surface area contributed by atoms with Crippen molar-refractivity contribution < 1.29 is 0 Å². The summed E-state index contributed by atoms with van der Waals surface area (Å²) < 4.78 is 0. The van der Waals surface area contributed by atoms with Crippen LogP contribution in [0.2, 0.25) is 0 Å². The Morgan fingerprint density at radius 2 is 2.00 bits per heavy atom. The first-order valence-corrected chi connectivity index (χ1v) is 6.54. The van der Waals surface area contributed by atoms with Crippen molar-refractivity contribution in [1.82, 2.24) is 15.2 Å². The number of anilines is 2. The molecule has 0 bridgehead atoms. The lowest BCUT2D eigenvalue weighted by atomic mass is 10.1. The molecule has 0 aliphatic rings. The van der Waals surface area contributed by atoms with E-state index < -0.39 is 0 Å². The van der Waals surface area contributed by atoms with Crippen LogP contribution in [0.5, 0.6) is 0 Å². The molecule has 1 aromatic carbocycles. The van der Waals surface area contributed by atoms with Gasteiger partial charge >= 0.3 is 0 Å². The Morgan fingerprint density at radius 1 is 1.14 bits per heavy atom. The van der Waals surface area contributed by atoms with Crippen LogP contribution in [0.15, 0.2) is 36.7 Å². The molecule has 0 amide bonds. The molecule has 0 aliphatic carbocycles. The molecular weight excluding hydrogens is 262 g/mol. The maximum Gasteiger partial charge on any atom is 0.171 e. The second kappa shape index (κ2) is 5.17. The summed E-state index contributed by atoms with van der Waals surface area (Å²) in [4.78, 5) is 4.11. The molecule has 1 N–H and O–H groups in total. The van der Waals surface area contributed by atoms with E-state index in [2.05, 4.69) is 26.6 Å². The number of benzene rings is 1. The quantitative estimate of drug-likeness (QED) is 0.777. The Hall–Kier alpha value is -3.00. The fourth-order valence-electron chi connectivity index (χ4n) is 2.19. The molecule has 102 valence electrons. The number of nitrogens with zero attached hydrogens (tertiary/aromatic N) is 4. The highest BCUT2D eigenvalue weighted by Gasteiger charge is 2.11. The first-order chi connectivity index (χ1) is 10.2. The summed E-state index contributed by atoms with van der Waals surface area (Å²) in [6.07, 6.45) is 3.54. The fourth-order valence-corrected chi connectivity index (χ4v) is 2.19. The van der Waals surface area contributed by atoms with Crippen molar-refractivity contribution in [2.45, 2.75) is 13.8 Å². The highest BCUT2D eigenvalue weighted by atomic mass is 15.2. The van der Waals surface area contributed by atoms with E-state index in [1.165, 1.54) is 0 Å². The zero-order valence-corrected chi connectivity index (χ0v) is 11.8. The molecule has 5 heteroatoms. The van der Waals surface area contributed by atoms with Gasteiger partial charge in [-0.1, -0.05) is 12.1 Å². The van der Waals surface area contributed by atoms with E-state index >= 15 is 0 Å². The van der Waals surface area contributed by atoms with Crippen molar-refractivity contribution >= 4 is 22.3 Å². The Kier molecular flexibility index (Phi) is 3.20. The summed E-state index contributed by atoms with van der Waals surface area (Å²) in [5.41, 5.74) is 3.01. The molecule has 0 aliphatic heterocycles. The second-order valence-electron chi connectivity index (χ2n) is 4.77. The van der Waals surface area contributed by atoms with Gasteiger partial charge in [0.05, 0.1) is 5.69 Å². The second-order valence-corrected chi connectivity index (χ2v) is 4.77. The summed E-state index contributed by atoms with van der Waals surface area (Å²) in [6.45, 7) is 3.72. The molecule has 0 saturated carbocycles. The minimum atomic E-state index is 0.477. The summed E-state index contributed by atoms with van der Waals surface area (Å²) in [7, 11) is 0. The molecule has 0 spiro atoms. The molecule has 0 unspecified atom stereocenters. The zero-order chi connectivity index (χ0) is 14.8. The van der Waals surface area contributed by atoms with Gasteiger partial charge in [0, 0.05) is 28.9 Å². The van der Waals surface area contributed by atoms with Crippen LogP contribution in [0.1, 0.15) is 16.8 Å². The Morgan fingerprint density at radius 3 is 2.81 bits per heavy atom. The van der Waals surface area contributed by atoms with Crippen LogP contribution in [0, 0.1) is 25.2 Å². The van der Waals surface area contributed by atoms with Gasteiger partial charge in [-0.15, -0.1) is 5.10 Å². The minimum absolute atomic E-state index is 0.477. The summed E-state index contributed by atoms with van der Waals surface area (Å²) >= 11 is 0. The van der Waals surface area contributed by atoms with E-state index in [1.807, 2.05) is 38.1 Å². The molecule has 3 aromatic rings. The third-order valence-electron chi connectivity index (χ3n) is 3.50. The number of pyridine rings is 1. The average molecular weight is 275 g/mol. The van der Waals surface area contributed by atoms with Crippen LogP contribution in [0.3, 0.4) is 0 Å². The van der Waals surface area contributed by atoms with Gasteiger partial charge < -0.3 is 5.32 Å². The summed E-state index contributed by atoms with van der Waals surface area (Å²) in [5.74, 6) is 0.477. The number of fused-ring (bicyclic) bond motifs is 1. The monoisotopic (exact) mass is 275 g/mol. The summed E-state index contributed by atoms with van der Waals surface area (Å²) in [5, 5.41) is 22.8. The predicted molar refractivity (Wildman–Crippen MR) is 81.2 cm³/mol. The highest BCUT2D eigenvalue weighted by Crippen LogP contribution is 2.27.